The van der Waals surface area contributed by atoms with Gasteiger partial charge in [0.1, 0.15) is 22.8 Å². The van der Waals surface area contributed by atoms with Gasteiger partial charge in [-0.25, -0.2) is 9.78 Å². The fourth-order valence-corrected chi connectivity index (χ4v) is 3.89. The minimum atomic E-state index is -1.30. The summed E-state index contributed by atoms with van der Waals surface area (Å²) in [5.41, 5.74) is 2.42. The van der Waals surface area contributed by atoms with Crippen LogP contribution in [0.5, 0.6) is 11.5 Å². The van der Waals surface area contributed by atoms with Gasteiger partial charge in [-0.2, -0.15) is 0 Å². The highest BCUT2D eigenvalue weighted by Crippen LogP contribution is 2.44. The van der Waals surface area contributed by atoms with Crippen LogP contribution < -0.4 is 14.9 Å². The average Bonchev–Trinajstić information content (AvgIpc) is 3.22. The highest BCUT2D eigenvalue weighted by atomic mass is 35.5. The first-order valence-corrected chi connectivity index (χ1v) is 10.3. The van der Waals surface area contributed by atoms with Crippen LogP contribution in [-0.2, 0) is 0 Å². The van der Waals surface area contributed by atoms with Gasteiger partial charge in [-0.1, -0.05) is 24.9 Å². The Morgan fingerprint density at radius 2 is 2.24 bits per heavy atom. The van der Waals surface area contributed by atoms with Gasteiger partial charge in [0, 0.05) is 29.3 Å². The number of aromatic nitrogens is 2. The number of pyridine rings is 1. The number of halogens is 1. The molecular formula is C20H17ClN2O5S. The smallest absolute Gasteiger partial charge is 0.341 e. The molecule has 1 atom stereocenters. The Morgan fingerprint density at radius 1 is 1.41 bits per heavy atom. The summed E-state index contributed by atoms with van der Waals surface area (Å²) >= 11 is 7.79. The van der Waals surface area contributed by atoms with E-state index in [1.54, 1.807) is 22.2 Å². The van der Waals surface area contributed by atoms with E-state index in [0.29, 0.717) is 40.1 Å². The van der Waals surface area contributed by atoms with E-state index >= 15 is 0 Å². The maximum atomic E-state index is 12.4. The number of rotatable bonds is 6. The Bertz CT molecular complexity index is 1130. The first kappa shape index (κ1) is 19.5. The molecule has 0 radical (unpaired) electrons. The molecular weight excluding hydrogens is 416 g/mol. The second kappa shape index (κ2) is 7.88. The zero-order valence-electron chi connectivity index (χ0n) is 15.4. The maximum Gasteiger partial charge on any atom is 0.341 e. The van der Waals surface area contributed by atoms with E-state index in [0.717, 1.165) is 12.8 Å². The van der Waals surface area contributed by atoms with E-state index < -0.39 is 17.6 Å². The Labute approximate surface area is 175 Å². The lowest BCUT2D eigenvalue weighted by Gasteiger charge is -2.31. The standard InChI is InChI=1S/C20H17ClN2O5S/c1-2-3-4-27-18-7-17-11(5-13(18)21)15-6-16(24)12(20(25)26)8-23(15)19(28-17)14-9-29-10-22-14/h5-10,19H,2-4H2,1H3,(H,25,26)/t19-/m1/s1. The summed E-state index contributed by atoms with van der Waals surface area (Å²) < 4.78 is 13.5. The van der Waals surface area contributed by atoms with Crippen molar-refractivity contribution >= 4 is 28.9 Å². The zero-order chi connectivity index (χ0) is 20.5. The van der Waals surface area contributed by atoms with Gasteiger partial charge in [0.05, 0.1) is 22.8 Å². The molecule has 0 aliphatic carbocycles. The van der Waals surface area contributed by atoms with Gasteiger partial charge in [0.2, 0.25) is 6.23 Å². The van der Waals surface area contributed by atoms with Crippen LogP contribution in [0.25, 0.3) is 11.3 Å². The molecule has 1 N–H and O–H groups in total. The van der Waals surface area contributed by atoms with Crippen molar-refractivity contribution in [3.8, 4) is 22.8 Å². The van der Waals surface area contributed by atoms with Crippen LogP contribution in [0.3, 0.4) is 0 Å². The molecule has 0 bridgehead atoms. The fraction of sp³-hybridized carbons (Fsp3) is 0.250. The highest BCUT2D eigenvalue weighted by molar-refractivity contribution is 7.07. The summed E-state index contributed by atoms with van der Waals surface area (Å²) in [7, 11) is 0. The number of aromatic carboxylic acids is 1. The molecule has 1 aliphatic heterocycles. The van der Waals surface area contributed by atoms with Gasteiger partial charge >= 0.3 is 5.97 Å². The molecule has 9 heteroatoms. The van der Waals surface area contributed by atoms with Crippen molar-refractivity contribution in [2.24, 2.45) is 0 Å². The second-order valence-corrected chi connectivity index (χ2v) is 7.64. The van der Waals surface area contributed by atoms with Gasteiger partial charge in [0.25, 0.3) is 0 Å². The number of carboxylic acids is 1. The monoisotopic (exact) mass is 432 g/mol. The third-order valence-electron chi connectivity index (χ3n) is 4.57. The molecule has 150 valence electrons. The van der Waals surface area contributed by atoms with Crippen LogP contribution in [-0.4, -0.2) is 27.2 Å². The van der Waals surface area contributed by atoms with Crippen molar-refractivity contribution in [2.75, 3.05) is 6.61 Å². The Hall–Kier alpha value is -2.84. The predicted octanol–water partition coefficient (Wildman–Crippen LogP) is 4.44. The lowest BCUT2D eigenvalue weighted by molar-refractivity contribution is 0.0693. The quantitative estimate of drug-likeness (QED) is 0.579. The molecule has 2 aromatic heterocycles. The van der Waals surface area contributed by atoms with E-state index in [1.165, 1.54) is 23.6 Å². The van der Waals surface area contributed by atoms with E-state index in [2.05, 4.69) is 11.9 Å². The van der Waals surface area contributed by atoms with Gasteiger partial charge in [-0.05, 0) is 12.5 Å². The van der Waals surface area contributed by atoms with Crippen molar-refractivity contribution in [1.82, 2.24) is 9.55 Å². The minimum Gasteiger partial charge on any atom is -0.492 e. The van der Waals surface area contributed by atoms with Crippen LogP contribution in [0.4, 0.5) is 0 Å². The molecule has 0 unspecified atom stereocenters. The number of hydrogen-bond acceptors (Lipinski definition) is 6. The predicted molar refractivity (Wildman–Crippen MR) is 109 cm³/mol. The number of unbranched alkanes of at least 4 members (excludes halogenated alkanes) is 1. The summed E-state index contributed by atoms with van der Waals surface area (Å²) in [6, 6.07) is 4.66. The van der Waals surface area contributed by atoms with E-state index in [9.17, 15) is 14.7 Å². The largest absolute Gasteiger partial charge is 0.492 e. The molecule has 0 saturated carbocycles. The molecule has 1 aromatic carbocycles. The number of ether oxygens (including phenoxy) is 2. The summed E-state index contributed by atoms with van der Waals surface area (Å²) in [5.74, 6) is -0.318. The Balaban J connectivity index is 1.87. The first-order valence-electron chi connectivity index (χ1n) is 9.00. The molecule has 0 amide bonds. The summed E-state index contributed by atoms with van der Waals surface area (Å²) in [5, 5.41) is 11.6. The summed E-state index contributed by atoms with van der Waals surface area (Å²) in [4.78, 5) is 28.1. The molecule has 4 rings (SSSR count). The maximum absolute atomic E-state index is 12.4. The summed E-state index contributed by atoms with van der Waals surface area (Å²) in [6.45, 7) is 2.60. The van der Waals surface area contributed by atoms with Gasteiger partial charge in [0.15, 0.2) is 5.43 Å². The lowest BCUT2D eigenvalue weighted by Crippen LogP contribution is -2.28. The number of hydrogen-bond donors (Lipinski definition) is 1. The Kier molecular flexibility index (Phi) is 5.29. The molecule has 0 fully saturated rings. The third kappa shape index (κ3) is 3.61. The fourth-order valence-electron chi connectivity index (χ4n) is 3.11. The van der Waals surface area contributed by atoms with Crippen LogP contribution in [0.15, 0.2) is 40.1 Å². The number of carboxylic acid groups (broad SMARTS) is 1. The van der Waals surface area contributed by atoms with Gasteiger partial charge < -0.3 is 19.1 Å². The van der Waals surface area contributed by atoms with Crippen LogP contribution in [0.2, 0.25) is 5.02 Å². The second-order valence-electron chi connectivity index (χ2n) is 6.51. The SMILES string of the molecule is CCCCOc1cc2c(cc1Cl)-c1cc(=O)c(C(=O)O)cn1[C@@H](c1cscn1)O2. The van der Waals surface area contributed by atoms with Crippen molar-refractivity contribution in [3.05, 3.63) is 61.8 Å². The third-order valence-corrected chi connectivity index (χ3v) is 5.47. The Morgan fingerprint density at radius 3 is 2.93 bits per heavy atom. The van der Waals surface area contributed by atoms with Crippen LogP contribution in [0, 0.1) is 0 Å². The molecule has 7 nitrogen and oxygen atoms in total. The molecule has 3 aromatic rings. The van der Waals surface area contributed by atoms with Crippen molar-refractivity contribution < 1.29 is 19.4 Å². The number of nitrogens with zero attached hydrogens (tertiary/aromatic N) is 2. The van der Waals surface area contributed by atoms with Crippen LogP contribution in [0.1, 0.15) is 42.0 Å². The number of benzene rings is 1. The van der Waals surface area contributed by atoms with Crippen molar-refractivity contribution in [3.63, 3.8) is 0 Å². The first-order chi connectivity index (χ1) is 14.0. The lowest BCUT2D eigenvalue weighted by atomic mass is 10.1. The molecule has 1 aliphatic rings. The zero-order valence-corrected chi connectivity index (χ0v) is 17.0. The molecule has 3 heterocycles. The minimum absolute atomic E-state index is 0.341. The number of fused-ring (bicyclic) bond motifs is 3. The van der Waals surface area contributed by atoms with Gasteiger partial charge in [-0.3, -0.25) is 4.79 Å². The molecule has 0 spiro atoms. The van der Waals surface area contributed by atoms with Gasteiger partial charge in [-0.15, -0.1) is 11.3 Å². The molecule has 29 heavy (non-hydrogen) atoms. The van der Waals surface area contributed by atoms with Crippen molar-refractivity contribution in [2.45, 2.75) is 26.0 Å². The molecule has 0 saturated heterocycles. The van der Waals surface area contributed by atoms with E-state index in [-0.39, 0.29) is 5.56 Å². The normalized spacial score (nSPS) is 14.6. The number of carbonyl (C=O) groups is 1. The average molecular weight is 433 g/mol. The van der Waals surface area contributed by atoms with E-state index in [1.807, 2.05) is 5.38 Å². The van der Waals surface area contributed by atoms with E-state index in [4.69, 9.17) is 21.1 Å². The van der Waals surface area contributed by atoms with Crippen molar-refractivity contribution in [1.29, 1.82) is 0 Å². The van der Waals surface area contributed by atoms with Crippen LogP contribution >= 0.6 is 22.9 Å². The number of thiazole rings is 1. The topological polar surface area (TPSA) is 90.7 Å². The highest BCUT2D eigenvalue weighted by Gasteiger charge is 2.30. The summed E-state index contributed by atoms with van der Waals surface area (Å²) in [6.07, 6.45) is 2.46.